The van der Waals surface area contributed by atoms with Crippen LogP contribution in [-0.4, -0.2) is 23.1 Å². The zero-order valence-corrected chi connectivity index (χ0v) is 11.5. The van der Waals surface area contributed by atoms with Gasteiger partial charge in [0.2, 0.25) is 0 Å². The molecule has 1 aromatic carbocycles. The Morgan fingerprint density at radius 3 is 2.53 bits per heavy atom. The molecule has 0 spiro atoms. The van der Waals surface area contributed by atoms with Crippen molar-refractivity contribution < 1.29 is 14.7 Å². The minimum absolute atomic E-state index is 0.412. The first kappa shape index (κ1) is 15.0. The zero-order chi connectivity index (χ0) is 14.4. The van der Waals surface area contributed by atoms with Gasteiger partial charge >= 0.3 is 12.0 Å². The molecule has 3 N–H and O–H groups in total. The number of benzene rings is 1. The molecule has 2 amide bonds. The van der Waals surface area contributed by atoms with Crippen molar-refractivity contribution in [2.24, 2.45) is 0 Å². The molecule has 0 fully saturated rings. The minimum atomic E-state index is -1.02. The number of carbonyl (C=O) groups excluding carboxylic acids is 1. The van der Waals surface area contributed by atoms with E-state index in [2.05, 4.69) is 10.6 Å². The predicted molar refractivity (Wildman–Crippen MR) is 74.4 cm³/mol. The van der Waals surface area contributed by atoms with Crippen LogP contribution < -0.4 is 10.6 Å². The smallest absolute Gasteiger partial charge is 0.326 e. The van der Waals surface area contributed by atoms with Crippen LogP contribution in [0.25, 0.3) is 0 Å². The van der Waals surface area contributed by atoms with Crippen LogP contribution in [0.4, 0.5) is 10.5 Å². The molecule has 0 aliphatic carbocycles. The Morgan fingerprint density at radius 2 is 2.00 bits per heavy atom. The SMILES string of the molecule is CCC[C@H](NC(=O)Nc1ccc(C)cc1C)C(=O)O. The first-order chi connectivity index (χ1) is 8.93. The molecular weight excluding hydrogens is 244 g/mol. The summed E-state index contributed by atoms with van der Waals surface area (Å²) < 4.78 is 0. The second-order valence-electron chi connectivity index (χ2n) is 4.60. The molecule has 19 heavy (non-hydrogen) atoms. The van der Waals surface area contributed by atoms with Crippen LogP contribution in [0.2, 0.25) is 0 Å². The summed E-state index contributed by atoms with van der Waals surface area (Å²) in [7, 11) is 0. The number of rotatable bonds is 5. The minimum Gasteiger partial charge on any atom is -0.480 e. The molecule has 0 heterocycles. The van der Waals surface area contributed by atoms with Crippen molar-refractivity contribution >= 4 is 17.7 Å². The molecule has 0 aliphatic rings. The molecule has 104 valence electrons. The number of anilines is 1. The van der Waals surface area contributed by atoms with E-state index in [4.69, 9.17) is 5.11 Å². The van der Waals surface area contributed by atoms with E-state index in [1.165, 1.54) is 0 Å². The average molecular weight is 264 g/mol. The van der Waals surface area contributed by atoms with Gasteiger partial charge in [-0.2, -0.15) is 0 Å². The van der Waals surface area contributed by atoms with Crippen LogP contribution in [0, 0.1) is 13.8 Å². The lowest BCUT2D eigenvalue weighted by molar-refractivity contribution is -0.139. The third-order valence-electron chi connectivity index (χ3n) is 2.81. The van der Waals surface area contributed by atoms with E-state index in [0.717, 1.165) is 11.1 Å². The van der Waals surface area contributed by atoms with Gasteiger partial charge in [0.15, 0.2) is 0 Å². The van der Waals surface area contributed by atoms with Crippen LogP contribution in [0.1, 0.15) is 30.9 Å². The van der Waals surface area contributed by atoms with Gasteiger partial charge in [-0.05, 0) is 31.9 Å². The second-order valence-corrected chi connectivity index (χ2v) is 4.60. The maximum absolute atomic E-state index is 11.8. The Bertz CT molecular complexity index is 472. The lowest BCUT2D eigenvalue weighted by Crippen LogP contribution is -2.42. The summed E-state index contributed by atoms with van der Waals surface area (Å²) in [5.74, 6) is -1.02. The summed E-state index contributed by atoms with van der Waals surface area (Å²) in [6.07, 6.45) is 1.11. The fourth-order valence-corrected chi connectivity index (χ4v) is 1.82. The fourth-order valence-electron chi connectivity index (χ4n) is 1.82. The third-order valence-corrected chi connectivity index (χ3v) is 2.81. The first-order valence-electron chi connectivity index (χ1n) is 6.31. The van der Waals surface area contributed by atoms with Gasteiger partial charge in [0, 0.05) is 5.69 Å². The van der Waals surface area contributed by atoms with Crippen molar-refractivity contribution in [3.8, 4) is 0 Å². The number of amides is 2. The van der Waals surface area contributed by atoms with Crippen LogP contribution in [0.3, 0.4) is 0 Å². The number of hydrogen-bond acceptors (Lipinski definition) is 2. The monoisotopic (exact) mass is 264 g/mol. The van der Waals surface area contributed by atoms with Gasteiger partial charge in [0.1, 0.15) is 6.04 Å². The molecular formula is C14H20N2O3. The van der Waals surface area contributed by atoms with Gasteiger partial charge in [0.05, 0.1) is 0 Å². The molecule has 0 bridgehead atoms. The van der Waals surface area contributed by atoms with E-state index in [1.54, 1.807) is 6.07 Å². The number of urea groups is 1. The molecule has 0 unspecified atom stereocenters. The number of aliphatic carboxylic acids is 1. The number of aryl methyl sites for hydroxylation is 2. The molecule has 5 heteroatoms. The summed E-state index contributed by atoms with van der Waals surface area (Å²) in [6, 6.07) is 4.31. The van der Waals surface area contributed by atoms with Crippen LogP contribution >= 0.6 is 0 Å². The number of carbonyl (C=O) groups is 2. The second kappa shape index (κ2) is 6.78. The van der Waals surface area contributed by atoms with Crippen molar-refractivity contribution in [2.75, 3.05) is 5.32 Å². The van der Waals surface area contributed by atoms with Gasteiger partial charge < -0.3 is 15.7 Å². The summed E-state index contributed by atoms with van der Waals surface area (Å²) in [6.45, 7) is 5.74. The molecule has 5 nitrogen and oxygen atoms in total. The first-order valence-corrected chi connectivity index (χ1v) is 6.31. The summed E-state index contributed by atoms with van der Waals surface area (Å²) in [4.78, 5) is 22.7. The number of carboxylic acids is 1. The van der Waals surface area contributed by atoms with Crippen molar-refractivity contribution in [1.82, 2.24) is 5.32 Å². The molecule has 0 radical (unpaired) electrons. The number of carboxylic acid groups (broad SMARTS) is 1. The highest BCUT2D eigenvalue weighted by atomic mass is 16.4. The fraction of sp³-hybridized carbons (Fsp3) is 0.429. The molecule has 1 aromatic rings. The Hall–Kier alpha value is -2.04. The Morgan fingerprint density at radius 1 is 1.32 bits per heavy atom. The maximum atomic E-state index is 11.8. The highest BCUT2D eigenvalue weighted by molar-refractivity contribution is 5.92. The molecule has 0 saturated heterocycles. The predicted octanol–water partition coefficient (Wildman–Crippen LogP) is 2.68. The lowest BCUT2D eigenvalue weighted by atomic mass is 10.1. The molecule has 1 rings (SSSR count). The van der Waals surface area contributed by atoms with Crippen LogP contribution in [0.15, 0.2) is 18.2 Å². The zero-order valence-electron chi connectivity index (χ0n) is 11.5. The van der Waals surface area contributed by atoms with Crippen molar-refractivity contribution in [3.63, 3.8) is 0 Å². The van der Waals surface area contributed by atoms with E-state index in [-0.39, 0.29) is 0 Å². The van der Waals surface area contributed by atoms with Gasteiger partial charge in [-0.1, -0.05) is 31.0 Å². The van der Waals surface area contributed by atoms with Crippen LogP contribution in [-0.2, 0) is 4.79 Å². The van der Waals surface area contributed by atoms with Gasteiger partial charge in [0.25, 0.3) is 0 Å². The highest BCUT2D eigenvalue weighted by Crippen LogP contribution is 2.15. The summed E-state index contributed by atoms with van der Waals surface area (Å²) in [5, 5.41) is 14.1. The number of nitrogens with one attached hydrogen (secondary N) is 2. The quantitative estimate of drug-likeness (QED) is 0.765. The Balaban J connectivity index is 2.66. The van der Waals surface area contributed by atoms with Crippen molar-refractivity contribution in [1.29, 1.82) is 0 Å². The van der Waals surface area contributed by atoms with Crippen molar-refractivity contribution in [3.05, 3.63) is 29.3 Å². The molecule has 0 saturated carbocycles. The van der Waals surface area contributed by atoms with E-state index in [0.29, 0.717) is 18.5 Å². The Labute approximate surface area is 113 Å². The largest absolute Gasteiger partial charge is 0.480 e. The van der Waals surface area contributed by atoms with E-state index in [9.17, 15) is 9.59 Å². The van der Waals surface area contributed by atoms with Gasteiger partial charge in [-0.15, -0.1) is 0 Å². The van der Waals surface area contributed by atoms with Crippen molar-refractivity contribution in [2.45, 2.75) is 39.7 Å². The molecule has 0 aliphatic heterocycles. The lowest BCUT2D eigenvalue weighted by Gasteiger charge is -2.15. The Kier molecular flexibility index (Phi) is 5.36. The maximum Gasteiger partial charge on any atom is 0.326 e. The van der Waals surface area contributed by atoms with Gasteiger partial charge in [-0.25, -0.2) is 9.59 Å². The standard InChI is InChI=1S/C14H20N2O3/c1-4-5-12(13(17)18)16-14(19)15-11-7-6-9(2)8-10(11)3/h6-8,12H,4-5H2,1-3H3,(H,17,18)(H2,15,16,19)/t12-/m0/s1. The topological polar surface area (TPSA) is 78.4 Å². The van der Waals surface area contributed by atoms with E-state index >= 15 is 0 Å². The van der Waals surface area contributed by atoms with Crippen LogP contribution in [0.5, 0.6) is 0 Å². The summed E-state index contributed by atoms with van der Waals surface area (Å²) in [5.41, 5.74) is 2.74. The molecule has 1 atom stereocenters. The average Bonchev–Trinajstić information content (AvgIpc) is 2.32. The van der Waals surface area contributed by atoms with E-state index < -0.39 is 18.0 Å². The highest BCUT2D eigenvalue weighted by Gasteiger charge is 2.18. The normalized spacial score (nSPS) is 11.7. The van der Waals surface area contributed by atoms with Gasteiger partial charge in [-0.3, -0.25) is 0 Å². The summed E-state index contributed by atoms with van der Waals surface area (Å²) >= 11 is 0. The van der Waals surface area contributed by atoms with E-state index in [1.807, 2.05) is 32.9 Å². The third kappa shape index (κ3) is 4.62. The number of hydrogen-bond donors (Lipinski definition) is 3. The molecule has 0 aromatic heterocycles.